The third kappa shape index (κ3) is 3.43. The molecule has 0 fully saturated rings. The minimum Gasteiger partial charge on any atom is -0.388 e. The Kier molecular flexibility index (Phi) is 4.36. The molecule has 1 atom stereocenters. The lowest BCUT2D eigenvalue weighted by Gasteiger charge is -2.11. The summed E-state index contributed by atoms with van der Waals surface area (Å²) in [6.45, 7) is 0. The maximum absolute atomic E-state index is 11.1. The molecule has 1 heterocycles. The molecule has 25 heavy (non-hydrogen) atoms. The van der Waals surface area contributed by atoms with Gasteiger partial charge in [0.15, 0.2) is 0 Å². The number of nitrogens with zero attached hydrogens (tertiary/aromatic N) is 3. The van der Waals surface area contributed by atoms with Gasteiger partial charge >= 0.3 is 0 Å². The zero-order valence-electron chi connectivity index (χ0n) is 12.9. The number of nitro benzene ring substituents is 2. The third-order valence-corrected chi connectivity index (χ3v) is 3.84. The average Bonchev–Trinajstić information content (AvgIpc) is 2.61. The van der Waals surface area contributed by atoms with Crippen LogP contribution in [0.5, 0.6) is 0 Å². The van der Waals surface area contributed by atoms with E-state index in [1.807, 2.05) is 0 Å². The second-order valence-electron chi connectivity index (χ2n) is 5.48. The van der Waals surface area contributed by atoms with Crippen molar-refractivity contribution in [1.82, 2.24) is 4.98 Å². The molecule has 3 rings (SSSR count). The largest absolute Gasteiger partial charge is 0.388 e. The van der Waals surface area contributed by atoms with Gasteiger partial charge < -0.3 is 5.11 Å². The Labute approximate surface area is 141 Å². The van der Waals surface area contributed by atoms with Gasteiger partial charge in [0.2, 0.25) is 0 Å². The molecule has 0 aliphatic rings. The van der Waals surface area contributed by atoms with Crippen molar-refractivity contribution in [3.8, 4) is 0 Å². The number of fused-ring (bicyclic) bond motifs is 1. The summed E-state index contributed by atoms with van der Waals surface area (Å²) < 4.78 is 0. The first kappa shape index (κ1) is 16.5. The van der Waals surface area contributed by atoms with Gasteiger partial charge in [0, 0.05) is 35.7 Å². The zero-order valence-corrected chi connectivity index (χ0v) is 12.9. The lowest BCUT2D eigenvalue weighted by atomic mass is 10.0. The normalized spacial score (nSPS) is 12.0. The third-order valence-electron chi connectivity index (χ3n) is 3.84. The van der Waals surface area contributed by atoms with E-state index in [4.69, 9.17) is 0 Å². The fraction of sp³-hybridized carbons (Fsp3) is 0.118. The molecular formula is C17H13N3O5. The van der Waals surface area contributed by atoms with Crippen LogP contribution in [0.2, 0.25) is 0 Å². The molecule has 0 saturated carbocycles. The SMILES string of the molecule is O=[N+]([O-])c1ccc([C@H](O)Cc2ccc3cccc([N+](=O)[O-])c3n2)cc1. The molecule has 1 aromatic heterocycles. The minimum absolute atomic E-state index is 0.0598. The van der Waals surface area contributed by atoms with Crippen LogP contribution in [-0.2, 0) is 6.42 Å². The van der Waals surface area contributed by atoms with Crippen molar-refractivity contribution in [2.75, 3.05) is 0 Å². The van der Waals surface area contributed by atoms with Gasteiger partial charge in [0.1, 0.15) is 5.52 Å². The van der Waals surface area contributed by atoms with E-state index in [9.17, 15) is 25.3 Å². The Morgan fingerprint density at radius 2 is 1.68 bits per heavy atom. The zero-order chi connectivity index (χ0) is 18.0. The molecular weight excluding hydrogens is 326 g/mol. The number of benzene rings is 2. The number of aliphatic hydroxyl groups is 1. The van der Waals surface area contributed by atoms with Gasteiger partial charge in [-0.2, -0.15) is 0 Å². The summed E-state index contributed by atoms with van der Waals surface area (Å²) in [6, 6.07) is 13.7. The fourth-order valence-corrected chi connectivity index (χ4v) is 2.57. The van der Waals surface area contributed by atoms with Crippen molar-refractivity contribution >= 4 is 22.3 Å². The van der Waals surface area contributed by atoms with E-state index >= 15 is 0 Å². The van der Waals surface area contributed by atoms with Crippen molar-refractivity contribution < 1.29 is 15.0 Å². The van der Waals surface area contributed by atoms with Crippen LogP contribution in [-0.4, -0.2) is 19.9 Å². The van der Waals surface area contributed by atoms with E-state index in [0.29, 0.717) is 16.6 Å². The van der Waals surface area contributed by atoms with E-state index < -0.39 is 16.0 Å². The predicted octanol–water partition coefficient (Wildman–Crippen LogP) is 3.33. The molecule has 0 spiro atoms. The first-order valence-corrected chi connectivity index (χ1v) is 7.41. The topological polar surface area (TPSA) is 119 Å². The Morgan fingerprint density at radius 1 is 0.960 bits per heavy atom. The lowest BCUT2D eigenvalue weighted by molar-refractivity contribution is -0.384. The van der Waals surface area contributed by atoms with Crippen LogP contribution in [0.25, 0.3) is 10.9 Å². The summed E-state index contributed by atoms with van der Waals surface area (Å²) in [6.07, 6.45) is -0.784. The Hall–Kier alpha value is -3.39. The smallest absolute Gasteiger partial charge is 0.295 e. The highest BCUT2D eigenvalue weighted by atomic mass is 16.6. The number of para-hydroxylation sites is 1. The van der Waals surface area contributed by atoms with Crippen molar-refractivity contribution in [3.63, 3.8) is 0 Å². The number of hydrogen-bond acceptors (Lipinski definition) is 6. The van der Waals surface area contributed by atoms with E-state index in [1.54, 1.807) is 24.3 Å². The molecule has 0 aliphatic carbocycles. The van der Waals surface area contributed by atoms with Crippen LogP contribution in [0.1, 0.15) is 17.4 Å². The molecule has 0 unspecified atom stereocenters. The maximum atomic E-state index is 11.1. The first-order chi connectivity index (χ1) is 12.0. The monoisotopic (exact) mass is 339 g/mol. The van der Waals surface area contributed by atoms with Crippen molar-refractivity contribution in [3.05, 3.63) is 86.1 Å². The van der Waals surface area contributed by atoms with Crippen LogP contribution in [0.4, 0.5) is 11.4 Å². The fourth-order valence-electron chi connectivity index (χ4n) is 2.57. The Bertz CT molecular complexity index is 956. The molecule has 0 bridgehead atoms. The molecule has 0 amide bonds. The second kappa shape index (κ2) is 6.62. The number of non-ortho nitro benzene ring substituents is 2. The summed E-state index contributed by atoms with van der Waals surface area (Å²) in [4.78, 5) is 25.1. The Balaban J connectivity index is 1.88. The van der Waals surface area contributed by atoms with Crippen LogP contribution >= 0.6 is 0 Å². The van der Waals surface area contributed by atoms with Crippen LogP contribution in [0.3, 0.4) is 0 Å². The quantitative estimate of drug-likeness (QED) is 0.562. The standard InChI is InChI=1S/C17H13N3O5/c21-16(11-5-8-14(9-6-11)19(22)23)10-13-7-4-12-2-1-3-15(20(24)25)17(12)18-13/h1-9,16,21H,10H2/t16-/m1/s1. The van der Waals surface area contributed by atoms with E-state index in [-0.39, 0.29) is 23.3 Å². The number of pyridine rings is 1. The highest BCUT2D eigenvalue weighted by Crippen LogP contribution is 2.26. The van der Waals surface area contributed by atoms with Crippen molar-refractivity contribution in [2.45, 2.75) is 12.5 Å². The maximum Gasteiger partial charge on any atom is 0.295 e. The molecule has 8 nitrogen and oxygen atoms in total. The summed E-state index contributed by atoms with van der Waals surface area (Å²) in [5.74, 6) is 0. The first-order valence-electron chi connectivity index (χ1n) is 7.41. The predicted molar refractivity (Wildman–Crippen MR) is 90.2 cm³/mol. The highest BCUT2D eigenvalue weighted by Gasteiger charge is 2.16. The summed E-state index contributed by atoms with van der Waals surface area (Å²) >= 11 is 0. The number of aliphatic hydroxyl groups excluding tert-OH is 1. The molecule has 1 N–H and O–H groups in total. The van der Waals surface area contributed by atoms with Crippen LogP contribution < -0.4 is 0 Å². The summed E-state index contributed by atoms with van der Waals surface area (Å²) in [5.41, 5.74) is 1.11. The molecule has 2 aromatic carbocycles. The van der Waals surface area contributed by atoms with E-state index in [1.165, 1.54) is 30.3 Å². The average molecular weight is 339 g/mol. The van der Waals surface area contributed by atoms with Crippen molar-refractivity contribution in [2.24, 2.45) is 0 Å². The van der Waals surface area contributed by atoms with Gasteiger partial charge in [-0.15, -0.1) is 0 Å². The van der Waals surface area contributed by atoms with Gasteiger partial charge in [-0.25, -0.2) is 4.98 Å². The van der Waals surface area contributed by atoms with E-state index in [2.05, 4.69) is 4.98 Å². The molecule has 0 radical (unpaired) electrons. The van der Waals surface area contributed by atoms with Crippen molar-refractivity contribution in [1.29, 1.82) is 0 Å². The molecule has 0 saturated heterocycles. The van der Waals surface area contributed by atoms with Gasteiger partial charge in [-0.1, -0.05) is 18.2 Å². The van der Waals surface area contributed by atoms with Gasteiger partial charge in [-0.05, 0) is 23.8 Å². The van der Waals surface area contributed by atoms with Crippen LogP contribution in [0.15, 0.2) is 54.6 Å². The highest BCUT2D eigenvalue weighted by molar-refractivity contribution is 5.87. The molecule has 3 aromatic rings. The molecule has 0 aliphatic heterocycles. The number of rotatable bonds is 5. The minimum atomic E-state index is -0.923. The van der Waals surface area contributed by atoms with Gasteiger partial charge in [0.25, 0.3) is 11.4 Å². The van der Waals surface area contributed by atoms with E-state index in [0.717, 1.165) is 0 Å². The van der Waals surface area contributed by atoms with Gasteiger partial charge in [0.05, 0.1) is 16.0 Å². The summed E-state index contributed by atoms with van der Waals surface area (Å²) in [7, 11) is 0. The molecule has 126 valence electrons. The number of nitro groups is 2. The molecule has 8 heteroatoms. The Morgan fingerprint density at radius 3 is 2.32 bits per heavy atom. The second-order valence-corrected chi connectivity index (χ2v) is 5.48. The van der Waals surface area contributed by atoms with Crippen LogP contribution in [0, 0.1) is 20.2 Å². The lowest BCUT2D eigenvalue weighted by Crippen LogP contribution is -2.04. The summed E-state index contributed by atoms with van der Waals surface area (Å²) in [5, 5.41) is 32.7. The number of aromatic nitrogens is 1. The number of hydrogen-bond donors (Lipinski definition) is 1. The van der Waals surface area contributed by atoms with Gasteiger partial charge in [-0.3, -0.25) is 20.2 Å².